The van der Waals surface area contributed by atoms with Crippen molar-refractivity contribution in [3.63, 3.8) is 0 Å². The molecule has 0 aliphatic heterocycles. The molecule has 0 radical (unpaired) electrons. The standard InChI is InChI=1S/C15H26N2O/c1-11(10-18-4)9-17-6-5-12-13(16)7-15(2,3)8-14(12)17/h5-6,11,13H,7-10,16H2,1-4H3. The Kier molecular flexibility index (Phi) is 3.83. The molecule has 3 heteroatoms. The second kappa shape index (κ2) is 5.06. The van der Waals surface area contributed by atoms with E-state index in [0.717, 1.165) is 26.0 Å². The Labute approximate surface area is 110 Å². The highest BCUT2D eigenvalue weighted by molar-refractivity contribution is 5.30. The Balaban J connectivity index is 2.20. The summed E-state index contributed by atoms with van der Waals surface area (Å²) >= 11 is 0. The molecule has 0 fully saturated rings. The second-order valence-electron chi connectivity index (χ2n) is 6.58. The van der Waals surface area contributed by atoms with Crippen molar-refractivity contribution < 1.29 is 4.74 Å². The summed E-state index contributed by atoms with van der Waals surface area (Å²) in [6.45, 7) is 8.68. The highest BCUT2D eigenvalue weighted by Gasteiger charge is 2.32. The second-order valence-corrected chi connectivity index (χ2v) is 6.58. The number of fused-ring (bicyclic) bond motifs is 1. The average Bonchev–Trinajstić information content (AvgIpc) is 2.60. The van der Waals surface area contributed by atoms with Gasteiger partial charge in [0.25, 0.3) is 0 Å². The van der Waals surface area contributed by atoms with Crippen molar-refractivity contribution in [3.8, 4) is 0 Å². The normalized spacial score (nSPS) is 23.7. The third kappa shape index (κ3) is 2.78. The molecule has 1 heterocycles. The monoisotopic (exact) mass is 250 g/mol. The van der Waals surface area contributed by atoms with Crippen molar-refractivity contribution in [1.82, 2.24) is 4.57 Å². The van der Waals surface area contributed by atoms with Crippen LogP contribution in [0.3, 0.4) is 0 Å². The molecule has 0 spiro atoms. The van der Waals surface area contributed by atoms with Crippen molar-refractivity contribution in [2.24, 2.45) is 17.1 Å². The van der Waals surface area contributed by atoms with Gasteiger partial charge in [-0.3, -0.25) is 0 Å². The van der Waals surface area contributed by atoms with Crippen LogP contribution >= 0.6 is 0 Å². The molecule has 1 aromatic rings. The van der Waals surface area contributed by atoms with Gasteiger partial charge in [-0.2, -0.15) is 0 Å². The molecule has 0 aromatic carbocycles. The van der Waals surface area contributed by atoms with Gasteiger partial charge in [0.15, 0.2) is 0 Å². The lowest BCUT2D eigenvalue weighted by Crippen LogP contribution is -2.31. The maximum Gasteiger partial charge on any atom is 0.0504 e. The van der Waals surface area contributed by atoms with Crippen molar-refractivity contribution in [3.05, 3.63) is 23.5 Å². The van der Waals surface area contributed by atoms with Gasteiger partial charge in [-0.25, -0.2) is 0 Å². The Hall–Kier alpha value is -0.800. The molecule has 0 amide bonds. The van der Waals surface area contributed by atoms with E-state index in [1.54, 1.807) is 7.11 Å². The lowest BCUT2D eigenvalue weighted by atomic mass is 9.74. The number of methoxy groups -OCH3 is 1. The van der Waals surface area contributed by atoms with Crippen molar-refractivity contribution in [2.45, 2.75) is 46.2 Å². The lowest BCUT2D eigenvalue weighted by molar-refractivity contribution is 0.150. The summed E-state index contributed by atoms with van der Waals surface area (Å²) in [5.74, 6) is 0.535. The Morgan fingerprint density at radius 1 is 1.56 bits per heavy atom. The average molecular weight is 250 g/mol. The highest BCUT2D eigenvalue weighted by Crippen LogP contribution is 2.40. The molecule has 1 aliphatic rings. The van der Waals surface area contributed by atoms with Crippen LogP contribution in [0.4, 0.5) is 0 Å². The van der Waals surface area contributed by atoms with Gasteiger partial charge >= 0.3 is 0 Å². The molecule has 102 valence electrons. The SMILES string of the molecule is COCC(C)Cn1ccc2c1CC(C)(C)CC2N. The fourth-order valence-corrected chi connectivity index (χ4v) is 3.14. The van der Waals surface area contributed by atoms with E-state index in [2.05, 4.69) is 37.6 Å². The van der Waals surface area contributed by atoms with Crippen LogP contribution in [0.15, 0.2) is 12.3 Å². The number of hydrogen-bond acceptors (Lipinski definition) is 2. The zero-order valence-electron chi connectivity index (χ0n) is 12.1. The molecular formula is C15H26N2O. The van der Waals surface area contributed by atoms with E-state index < -0.39 is 0 Å². The zero-order chi connectivity index (χ0) is 13.3. The van der Waals surface area contributed by atoms with E-state index in [1.807, 2.05) is 0 Å². The van der Waals surface area contributed by atoms with E-state index in [0.29, 0.717) is 11.3 Å². The molecule has 0 saturated heterocycles. The van der Waals surface area contributed by atoms with Crippen LogP contribution in [0.25, 0.3) is 0 Å². The van der Waals surface area contributed by atoms with E-state index in [1.165, 1.54) is 11.3 Å². The quantitative estimate of drug-likeness (QED) is 0.892. The lowest BCUT2D eigenvalue weighted by Gasteiger charge is -2.34. The number of hydrogen-bond donors (Lipinski definition) is 1. The molecule has 0 bridgehead atoms. The summed E-state index contributed by atoms with van der Waals surface area (Å²) in [7, 11) is 1.76. The van der Waals surface area contributed by atoms with Gasteiger partial charge in [-0.1, -0.05) is 20.8 Å². The van der Waals surface area contributed by atoms with Crippen molar-refractivity contribution >= 4 is 0 Å². The van der Waals surface area contributed by atoms with Crippen LogP contribution in [0.2, 0.25) is 0 Å². The van der Waals surface area contributed by atoms with Gasteiger partial charge in [-0.15, -0.1) is 0 Å². The van der Waals surface area contributed by atoms with Crippen LogP contribution in [0.5, 0.6) is 0 Å². The summed E-state index contributed by atoms with van der Waals surface area (Å²) in [5, 5.41) is 0. The van der Waals surface area contributed by atoms with Crippen LogP contribution in [-0.4, -0.2) is 18.3 Å². The molecular weight excluding hydrogens is 224 g/mol. The molecule has 18 heavy (non-hydrogen) atoms. The molecule has 2 unspecified atom stereocenters. The maximum atomic E-state index is 6.29. The smallest absolute Gasteiger partial charge is 0.0504 e. The summed E-state index contributed by atoms with van der Waals surface area (Å²) in [6, 6.07) is 2.40. The maximum absolute atomic E-state index is 6.29. The van der Waals surface area contributed by atoms with E-state index in [4.69, 9.17) is 10.5 Å². The third-order valence-corrected chi connectivity index (χ3v) is 3.89. The van der Waals surface area contributed by atoms with Crippen LogP contribution < -0.4 is 5.73 Å². The van der Waals surface area contributed by atoms with Crippen molar-refractivity contribution in [1.29, 1.82) is 0 Å². The van der Waals surface area contributed by atoms with Crippen molar-refractivity contribution in [2.75, 3.05) is 13.7 Å². The minimum absolute atomic E-state index is 0.197. The fourth-order valence-electron chi connectivity index (χ4n) is 3.14. The van der Waals surface area contributed by atoms with Crippen LogP contribution in [0.1, 0.15) is 44.5 Å². The topological polar surface area (TPSA) is 40.2 Å². The molecule has 2 rings (SSSR count). The van der Waals surface area contributed by atoms with Gasteiger partial charge in [0, 0.05) is 31.6 Å². The van der Waals surface area contributed by atoms with Gasteiger partial charge in [-0.05, 0) is 35.8 Å². The molecule has 2 atom stereocenters. The minimum atomic E-state index is 0.197. The first-order valence-corrected chi connectivity index (χ1v) is 6.85. The van der Waals surface area contributed by atoms with E-state index in [-0.39, 0.29) is 6.04 Å². The largest absolute Gasteiger partial charge is 0.384 e. The summed E-state index contributed by atoms with van der Waals surface area (Å²) in [6.07, 6.45) is 4.40. The first-order chi connectivity index (χ1) is 8.43. The van der Waals surface area contributed by atoms with Gasteiger partial charge in [0.05, 0.1) is 6.61 Å². The summed E-state index contributed by atoms with van der Waals surface area (Å²) < 4.78 is 7.60. The molecule has 1 aliphatic carbocycles. The Morgan fingerprint density at radius 2 is 2.28 bits per heavy atom. The number of nitrogens with two attached hydrogens (primary N) is 1. The van der Waals surface area contributed by atoms with E-state index >= 15 is 0 Å². The summed E-state index contributed by atoms with van der Waals surface area (Å²) in [5.41, 5.74) is 9.38. The van der Waals surface area contributed by atoms with E-state index in [9.17, 15) is 0 Å². The van der Waals surface area contributed by atoms with Gasteiger partial charge < -0.3 is 15.0 Å². The van der Waals surface area contributed by atoms with Gasteiger partial charge in [0.2, 0.25) is 0 Å². The molecule has 3 nitrogen and oxygen atoms in total. The number of aromatic nitrogens is 1. The first-order valence-electron chi connectivity index (χ1n) is 6.85. The Morgan fingerprint density at radius 3 is 2.94 bits per heavy atom. The summed E-state index contributed by atoms with van der Waals surface area (Å²) in [4.78, 5) is 0. The molecule has 2 N–H and O–H groups in total. The van der Waals surface area contributed by atoms with Crippen LogP contribution in [-0.2, 0) is 17.7 Å². The predicted octanol–water partition coefficient (Wildman–Crippen LogP) is 2.74. The molecule has 0 saturated carbocycles. The fraction of sp³-hybridized carbons (Fsp3) is 0.733. The minimum Gasteiger partial charge on any atom is -0.384 e. The highest BCUT2D eigenvalue weighted by atomic mass is 16.5. The zero-order valence-corrected chi connectivity index (χ0v) is 12.1. The van der Waals surface area contributed by atoms with Crippen LogP contribution in [0, 0.1) is 11.3 Å². The number of ether oxygens (including phenoxy) is 1. The third-order valence-electron chi connectivity index (χ3n) is 3.89. The first kappa shape index (κ1) is 13.6. The number of rotatable bonds is 4. The number of nitrogens with zero attached hydrogens (tertiary/aromatic N) is 1. The molecule has 1 aromatic heterocycles. The predicted molar refractivity (Wildman–Crippen MR) is 74.5 cm³/mol. The van der Waals surface area contributed by atoms with Gasteiger partial charge in [0.1, 0.15) is 0 Å². The Bertz CT molecular complexity index is 409.